The van der Waals surface area contributed by atoms with E-state index in [4.69, 9.17) is 4.74 Å². The summed E-state index contributed by atoms with van der Waals surface area (Å²) in [6, 6.07) is 0. The van der Waals surface area contributed by atoms with Gasteiger partial charge in [-0.25, -0.2) is 0 Å². The molecule has 0 aromatic rings. The van der Waals surface area contributed by atoms with E-state index in [1.165, 1.54) is 31.9 Å². The van der Waals surface area contributed by atoms with Gasteiger partial charge in [-0.15, -0.1) is 0 Å². The molecule has 1 spiro atoms. The zero-order valence-electron chi connectivity index (χ0n) is 11.8. The van der Waals surface area contributed by atoms with Crippen molar-refractivity contribution in [2.24, 2.45) is 28.6 Å². The molecule has 0 amide bonds. The number of fused-ring (bicyclic) bond motifs is 1. The van der Waals surface area contributed by atoms with E-state index in [0.717, 1.165) is 12.8 Å². The van der Waals surface area contributed by atoms with Gasteiger partial charge in [-0.1, -0.05) is 26.0 Å². The zero-order valence-corrected chi connectivity index (χ0v) is 11.8. The molecule has 2 bridgehead atoms. The number of hydrogen-bond acceptors (Lipinski definition) is 2. The molecule has 3 aliphatic carbocycles. The van der Waals surface area contributed by atoms with Crippen LogP contribution in [-0.2, 0) is 9.53 Å². The average molecular weight is 248 g/mol. The molecule has 3 rings (SSSR count). The van der Waals surface area contributed by atoms with Crippen LogP contribution in [0.25, 0.3) is 0 Å². The van der Waals surface area contributed by atoms with Crippen LogP contribution in [0.4, 0.5) is 0 Å². The first-order valence-corrected chi connectivity index (χ1v) is 7.20. The molecular weight excluding hydrogens is 224 g/mol. The number of rotatable bonds is 1. The largest absolute Gasteiger partial charge is 0.469 e. The lowest BCUT2D eigenvalue weighted by Gasteiger charge is -2.48. The predicted molar refractivity (Wildman–Crippen MR) is 70.9 cm³/mol. The van der Waals surface area contributed by atoms with E-state index >= 15 is 0 Å². The summed E-state index contributed by atoms with van der Waals surface area (Å²) in [5.74, 6) is 1.41. The fourth-order valence-electron chi connectivity index (χ4n) is 5.23. The van der Waals surface area contributed by atoms with Crippen LogP contribution < -0.4 is 0 Å². The molecule has 1 unspecified atom stereocenters. The van der Waals surface area contributed by atoms with Crippen molar-refractivity contribution in [1.82, 2.24) is 0 Å². The van der Waals surface area contributed by atoms with Gasteiger partial charge in [-0.2, -0.15) is 0 Å². The second kappa shape index (κ2) is 3.61. The van der Waals surface area contributed by atoms with Crippen molar-refractivity contribution in [1.29, 1.82) is 0 Å². The van der Waals surface area contributed by atoms with E-state index in [-0.39, 0.29) is 22.7 Å². The van der Waals surface area contributed by atoms with Gasteiger partial charge in [0.1, 0.15) is 0 Å². The summed E-state index contributed by atoms with van der Waals surface area (Å²) < 4.78 is 5.05. The summed E-state index contributed by atoms with van der Waals surface area (Å²) in [7, 11) is 1.53. The number of hydrogen-bond donors (Lipinski definition) is 0. The number of allylic oxidation sites excluding steroid dienone is 1. The minimum Gasteiger partial charge on any atom is -0.469 e. The number of carbonyl (C=O) groups excluding carboxylic acids is 1. The molecule has 0 aromatic heterocycles. The van der Waals surface area contributed by atoms with E-state index < -0.39 is 0 Å². The maximum absolute atomic E-state index is 12.1. The second-order valence-corrected chi connectivity index (χ2v) is 7.13. The molecular formula is C16H24O2. The van der Waals surface area contributed by atoms with Crippen LogP contribution in [0.15, 0.2) is 12.2 Å². The highest BCUT2D eigenvalue weighted by atomic mass is 16.5. The highest BCUT2D eigenvalue weighted by molar-refractivity contribution is 5.74. The van der Waals surface area contributed by atoms with E-state index in [1.54, 1.807) is 0 Å². The van der Waals surface area contributed by atoms with Crippen LogP contribution in [-0.4, -0.2) is 13.1 Å². The third-order valence-corrected chi connectivity index (χ3v) is 6.47. The molecule has 0 aliphatic heterocycles. The Labute approximate surface area is 110 Å². The molecule has 0 heterocycles. The van der Waals surface area contributed by atoms with Crippen LogP contribution in [0.5, 0.6) is 0 Å². The van der Waals surface area contributed by atoms with Gasteiger partial charge in [0.15, 0.2) is 0 Å². The summed E-state index contributed by atoms with van der Waals surface area (Å²) in [4.78, 5) is 12.1. The molecule has 100 valence electrons. The first-order valence-electron chi connectivity index (χ1n) is 7.20. The Balaban J connectivity index is 2.00. The third kappa shape index (κ3) is 1.27. The fraction of sp³-hybridized carbons (Fsp3) is 0.812. The number of methoxy groups -OCH3 is 1. The van der Waals surface area contributed by atoms with Crippen LogP contribution in [0.1, 0.15) is 46.0 Å². The Morgan fingerprint density at radius 1 is 1.33 bits per heavy atom. The Morgan fingerprint density at radius 2 is 2.06 bits per heavy atom. The number of ether oxygens (including phenoxy) is 1. The molecule has 3 saturated carbocycles. The minimum absolute atomic E-state index is 0.0191. The van der Waals surface area contributed by atoms with Crippen molar-refractivity contribution in [3.05, 3.63) is 12.2 Å². The normalized spacial score (nSPS) is 44.8. The lowest BCUT2D eigenvalue weighted by atomic mass is 9.56. The highest BCUT2D eigenvalue weighted by Crippen LogP contribution is 2.70. The van der Waals surface area contributed by atoms with Gasteiger partial charge in [0.2, 0.25) is 0 Å². The Hall–Kier alpha value is -0.790. The van der Waals surface area contributed by atoms with E-state index in [2.05, 4.69) is 20.4 Å². The third-order valence-electron chi connectivity index (χ3n) is 6.47. The maximum atomic E-state index is 12.1. The van der Waals surface area contributed by atoms with Gasteiger partial charge in [0.05, 0.1) is 13.0 Å². The molecule has 2 heteroatoms. The minimum atomic E-state index is 0.0191. The van der Waals surface area contributed by atoms with Gasteiger partial charge in [0.25, 0.3) is 0 Å². The lowest BCUT2D eigenvalue weighted by molar-refractivity contribution is -0.150. The molecule has 18 heavy (non-hydrogen) atoms. The summed E-state index contributed by atoms with van der Waals surface area (Å²) in [6.45, 7) is 9.11. The molecule has 0 radical (unpaired) electrons. The van der Waals surface area contributed by atoms with Gasteiger partial charge >= 0.3 is 5.97 Å². The predicted octanol–water partition coefficient (Wildman–Crippen LogP) is 3.57. The summed E-state index contributed by atoms with van der Waals surface area (Å²) in [6.07, 6.45) is 5.80. The molecule has 2 nitrogen and oxygen atoms in total. The van der Waals surface area contributed by atoms with Gasteiger partial charge in [-0.05, 0) is 54.8 Å². The molecule has 3 aliphatic rings. The standard InChI is InChI=1S/C16H24O2/c1-10-12-5-6-13(14(17)18-4)16(12)8-7-11(9-16)15(10,2)3/h11-13H,1,5-9H2,2-4H3/t11-,12?,13-,16-/m1/s1. The summed E-state index contributed by atoms with van der Waals surface area (Å²) >= 11 is 0. The van der Waals surface area contributed by atoms with Crippen molar-refractivity contribution in [3.63, 3.8) is 0 Å². The molecule has 0 aromatic carbocycles. The van der Waals surface area contributed by atoms with E-state index in [1.807, 2.05) is 0 Å². The van der Waals surface area contributed by atoms with Crippen LogP contribution in [0, 0.1) is 28.6 Å². The monoisotopic (exact) mass is 248 g/mol. The Bertz CT molecular complexity index is 409. The average Bonchev–Trinajstić information content (AvgIpc) is 2.92. The summed E-state index contributed by atoms with van der Waals surface area (Å²) in [5, 5.41) is 0. The van der Waals surface area contributed by atoms with Gasteiger partial charge in [0, 0.05) is 0 Å². The SMILES string of the molecule is C=C1C2CC[C@H](C(=O)OC)[C@@]23CC[C@H](C3)C1(C)C. The van der Waals surface area contributed by atoms with Crippen LogP contribution >= 0.6 is 0 Å². The first-order chi connectivity index (χ1) is 8.43. The number of carbonyl (C=O) groups is 1. The van der Waals surface area contributed by atoms with Crippen molar-refractivity contribution in [2.45, 2.75) is 46.0 Å². The van der Waals surface area contributed by atoms with Crippen molar-refractivity contribution >= 4 is 5.97 Å². The Morgan fingerprint density at radius 3 is 2.72 bits per heavy atom. The number of esters is 1. The fourth-order valence-corrected chi connectivity index (χ4v) is 5.23. The first kappa shape index (κ1) is 12.3. The zero-order chi connectivity index (χ0) is 13.1. The van der Waals surface area contributed by atoms with Crippen LogP contribution in [0.3, 0.4) is 0 Å². The second-order valence-electron chi connectivity index (χ2n) is 7.13. The molecule has 4 atom stereocenters. The van der Waals surface area contributed by atoms with Crippen LogP contribution in [0.2, 0.25) is 0 Å². The summed E-state index contributed by atoms with van der Waals surface area (Å²) in [5.41, 5.74) is 1.86. The Kier molecular flexibility index (Phi) is 2.46. The van der Waals surface area contributed by atoms with Gasteiger partial charge < -0.3 is 4.74 Å². The maximum Gasteiger partial charge on any atom is 0.309 e. The van der Waals surface area contributed by atoms with Crippen molar-refractivity contribution < 1.29 is 9.53 Å². The molecule has 3 fully saturated rings. The van der Waals surface area contributed by atoms with E-state index in [0.29, 0.717) is 11.8 Å². The lowest BCUT2D eigenvalue weighted by Crippen LogP contribution is -2.43. The van der Waals surface area contributed by atoms with Crippen molar-refractivity contribution in [2.75, 3.05) is 7.11 Å². The quantitative estimate of drug-likeness (QED) is 0.524. The topological polar surface area (TPSA) is 26.3 Å². The smallest absolute Gasteiger partial charge is 0.309 e. The van der Waals surface area contributed by atoms with E-state index in [9.17, 15) is 4.79 Å². The highest BCUT2D eigenvalue weighted by Gasteiger charge is 2.63. The van der Waals surface area contributed by atoms with Gasteiger partial charge in [-0.3, -0.25) is 4.79 Å². The molecule has 0 N–H and O–H groups in total. The molecule has 0 saturated heterocycles. The van der Waals surface area contributed by atoms with Crippen molar-refractivity contribution in [3.8, 4) is 0 Å².